The molecular weight excluding hydrogens is 247 g/mol. The Bertz CT molecular complexity index is 487. The van der Waals surface area contributed by atoms with Crippen LogP contribution in [0, 0.1) is 17.1 Å². The third kappa shape index (κ3) is 3.52. The van der Waals surface area contributed by atoms with Crippen LogP contribution in [0.2, 0.25) is 0 Å². The zero-order chi connectivity index (χ0) is 13.7. The van der Waals surface area contributed by atoms with Crippen molar-refractivity contribution >= 4 is 5.91 Å². The number of nitrogens with zero attached hydrogens (tertiary/aromatic N) is 1. The first kappa shape index (κ1) is 13.5. The summed E-state index contributed by atoms with van der Waals surface area (Å²) < 4.78 is 18.0. The molecule has 1 aromatic rings. The topological polar surface area (TPSA) is 62.1 Å². The highest BCUT2D eigenvalue weighted by atomic mass is 19.1. The van der Waals surface area contributed by atoms with E-state index in [1.807, 2.05) is 0 Å². The molecule has 5 heteroatoms. The van der Waals surface area contributed by atoms with Gasteiger partial charge in [0.25, 0.3) is 0 Å². The van der Waals surface area contributed by atoms with E-state index in [-0.39, 0.29) is 18.1 Å². The van der Waals surface area contributed by atoms with Gasteiger partial charge in [0.15, 0.2) is 0 Å². The summed E-state index contributed by atoms with van der Waals surface area (Å²) in [6.45, 7) is 0.953. The second-order valence-corrected chi connectivity index (χ2v) is 4.66. The fraction of sp³-hybridized carbons (Fsp3) is 0.429. The second kappa shape index (κ2) is 5.81. The number of carbonyl (C=O) groups is 1. The van der Waals surface area contributed by atoms with Crippen molar-refractivity contribution in [2.45, 2.75) is 24.8 Å². The third-order valence-electron chi connectivity index (χ3n) is 3.22. The Morgan fingerprint density at radius 3 is 2.58 bits per heavy atom. The maximum Gasteiger partial charge on any atom is 0.225 e. The highest BCUT2D eigenvalue weighted by Crippen LogP contribution is 2.19. The molecule has 0 unspecified atom stereocenters. The van der Waals surface area contributed by atoms with Crippen LogP contribution in [0.3, 0.4) is 0 Å². The minimum Gasteiger partial charge on any atom is -0.381 e. The van der Waals surface area contributed by atoms with Crippen LogP contribution in [0.25, 0.3) is 0 Å². The van der Waals surface area contributed by atoms with Crippen molar-refractivity contribution in [2.24, 2.45) is 0 Å². The first-order valence-electron chi connectivity index (χ1n) is 6.18. The van der Waals surface area contributed by atoms with Gasteiger partial charge in [0.2, 0.25) is 5.91 Å². The molecule has 1 amide bonds. The molecule has 2 rings (SSSR count). The van der Waals surface area contributed by atoms with Crippen molar-refractivity contribution in [3.8, 4) is 6.07 Å². The average molecular weight is 262 g/mol. The minimum atomic E-state index is -0.824. The van der Waals surface area contributed by atoms with Crippen molar-refractivity contribution in [3.05, 3.63) is 35.6 Å². The van der Waals surface area contributed by atoms with E-state index >= 15 is 0 Å². The van der Waals surface area contributed by atoms with Crippen molar-refractivity contribution in [2.75, 3.05) is 13.2 Å². The smallest absolute Gasteiger partial charge is 0.225 e. The lowest BCUT2D eigenvalue weighted by atomic mass is 9.91. The number of benzene rings is 1. The molecule has 0 bridgehead atoms. The van der Waals surface area contributed by atoms with Gasteiger partial charge in [0.1, 0.15) is 11.4 Å². The molecule has 1 N–H and O–H groups in total. The van der Waals surface area contributed by atoms with E-state index in [1.165, 1.54) is 12.1 Å². The number of nitriles is 1. The number of halogens is 1. The molecule has 1 aliphatic rings. The Morgan fingerprint density at radius 2 is 2.00 bits per heavy atom. The number of hydrogen-bond donors (Lipinski definition) is 1. The van der Waals surface area contributed by atoms with E-state index in [9.17, 15) is 14.4 Å². The lowest BCUT2D eigenvalue weighted by molar-refractivity contribution is -0.122. The molecule has 0 aromatic heterocycles. The maximum atomic E-state index is 12.8. The van der Waals surface area contributed by atoms with E-state index in [4.69, 9.17) is 4.74 Å². The number of rotatable bonds is 3. The molecule has 0 atom stereocenters. The zero-order valence-electron chi connectivity index (χ0n) is 10.5. The molecule has 0 aliphatic carbocycles. The van der Waals surface area contributed by atoms with Crippen LogP contribution in [0.15, 0.2) is 24.3 Å². The maximum absolute atomic E-state index is 12.8. The second-order valence-electron chi connectivity index (χ2n) is 4.66. The SMILES string of the molecule is N#CC1(NC(=O)Cc2ccc(F)cc2)CCOCC1. The average Bonchev–Trinajstić information content (AvgIpc) is 2.42. The van der Waals surface area contributed by atoms with Crippen LogP contribution in [-0.4, -0.2) is 24.7 Å². The number of carbonyl (C=O) groups excluding carboxylic acids is 1. The van der Waals surface area contributed by atoms with Crippen molar-refractivity contribution in [3.63, 3.8) is 0 Å². The van der Waals surface area contributed by atoms with Gasteiger partial charge in [-0.1, -0.05) is 12.1 Å². The van der Waals surface area contributed by atoms with E-state index in [0.29, 0.717) is 26.1 Å². The Kier molecular flexibility index (Phi) is 4.13. The summed E-state index contributed by atoms with van der Waals surface area (Å²) in [5, 5.41) is 12.0. The number of nitrogens with one attached hydrogen (secondary N) is 1. The Morgan fingerprint density at radius 1 is 1.37 bits per heavy atom. The Balaban J connectivity index is 1.96. The largest absolute Gasteiger partial charge is 0.381 e. The van der Waals surface area contributed by atoms with Gasteiger partial charge in [-0.3, -0.25) is 4.79 Å². The normalized spacial score (nSPS) is 17.5. The van der Waals surface area contributed by atoms with Gasteiger partial charge in [0.05, 0.1) is 12.5 Å². The summed E-state index contributed by atoms with van der Waals surface area (Å²) in [4.78, 5) is 11.9. The molecule has 100 valence electrons. The van der Waals surface area contributed by atoms with Gasteiger partial charge in [-0.15, -0.1) is 0 Å². The van der Waals surface area contributed by atoms with Crippen LogP contribution >= 0.6 is 0 Å². The summed E-state index contributed by atoms with van der Waals surface area (Å²) in [7, 11) is 0. The highest BCUT2D eigenvalue weighted by molar-refractivity contribution is 5.79. The molecule has 1 aliphatic heterocycles. The standard InChI is InChI=1S/C14H15FN2O2/c15-12-3-1-11(2-4-12)9-13(18)17-14(10-16)5-7-19-8-6-14/h1-4H,5-9H2,(H,17,18). The summed E-state index contributed by atoms with van der Waals surface area (Å²) in [5.41, 5.74) is -0.103. The van der Waals surface area contributed by atoms with E-state index in [2.05, 4.69) is 11.4 Å². The molecular formula is C14H15FN2O2. The van der Waals surface area contributed by atoms with Crippen LogP contribution in [0.1, 0.15) is 18.4 Å². The predicted octanol–water partition coefficient (Wildman–Crippen LogP) is 1.56. The van der Waals surface area contributed by atoms with Crippen LogP contribution in [0.5, 0.6) is 0 Å². The fourth-order valence-corrected chi connectivity index (χ4v) is 2.08. The number of hydrogen-bond acceptors (Lipinski definition) is 3. The summed E-state index contributed by atoms with van der Waals surface area (Å²) in [5.74, 6) is -0.558. The van der Waals surface area contributed by atoms with Gasteiger partial charge < -0.3 is 10.1 Å². The van der Waals surface area contributed by atoms with Crippen LogP contribution in [0.4, 0.5) is 4.39 Å². The van der Waals surface area contributed by atoms with E-state index in [1.54, 1.807) is 12.1 Å². The predicted molar refractivity (Wildman–Crippen MR) is 66.6 cm³/mol. The summed E-state index contributed by atoms with van der Waals surface area (Å²) in [6, 6.07) is 7.94. The van der Waals surface area contributed by atoms with Crippen molar-refractivity contribution < 1.29 is 13.9 Å². The fourth-order valence-electron chi connectivity index (χ4n) is 2.08. The monoisotopic (exact) mass is 262 g/mol. The number of amides is 1. The molecule has 1 aromatic carbocycles. The first-order chi connectivity index (χ1) is 9.13. The van der Waals surface area contributed by atoms with Crippen LogP contribution < -0.4 is 5.32 Å². The Hall–Kier alpha value is -1.93. The van der Waals surface area contributed by atoms with E-state index < -0.39 is 5.54 Å². The minimum absolute atomic E-state index is 0.143. The highest BCUT2D eigenvalue weighted by Gasteiger charge is 2.34. The van der Waals surface area contributed by atoms with E-state index in [0.717, 1.165) is 5.56 Å². The lowest BCUT2D eigenvalue weighted by Crippen LogP contribution is -2.51. The molecule has 1 heterocycles. The van der Waals surface area contributed by atoms with Gasteiger partial charge in [-0.2, -0.15) is 5.26 Å². The Labute approximate surface area is 111 Å². The molecule has 19 heavy (non-hydrogen) atoms. The summed E-state index contributed by atoms with van der Waals surface area (Å²) in [6.07, 6.45) is 1.14. The summed E-state index contributed by atoms with van der Waals surface area (Å²) >= 11 is 0. The molecule has 0 saturated carbocycles. The quantitative estimate of drug-likeness (QED) is 0.899. The van der Waals surface area contributed by atoms with Crippen molar-refractivity contribution in [1.29, 1.82) is 5.26 Å². The third-order valence-corrected chi connectivity index (χ3v) is 3.22. The van der Waals surface area contributed by atoms with Gasteiger partial charge in [-0.25, -0.2) is 4.39 Å². The molecule has 1 saturated heterocycles. The first-order valence-corrected chi connectivity index (χ1v) is 6.18. The molecule has 1 fully saturated rings. The van der Waals surface area contributed by atoms with Crippen molar-refractivity contribution in [1.82, 2.24) is 5.32 Å². The molecule has 0 radical (unpaired) electrons. The molecule has 0 spiro atoms. The molecule has 4 nitrogen and oxygen atoms in total. The van der Waals surface area contributed by atoms with Gasteiger partial charge in [0, 0.05) is 26.1 Å². The zero-order valence-corrected chi connectivity index (χ0v) is 10.5. The van der Waals surface area contributed by atoms with Crippen LogP contribution in [-0.2, 0) is 16.0 Å². The lowest BCUT2D eigenvalue weighted by Gasteiger charge is -2.31. The number of ether oxygens (including phenoxy) is 1. The van der Waals surface area contributed by atoms with Gasteiger partial charge >= 0.3 is 0 Å². The van der Waals surface area contributed by atoms with Gasteiger partial charge in [-0.05, 0) is 17.7 Å².